The van der Waals surface area contributed by atoms with Crippen molar-refractivity contribution in [1.29, 1.82) is 0 Å². The molecule has 4 amide bonds. The zero-order valence-electron chi connectivity index (χ0n) is 12.3. The fourth-order valence-corrected chi connectivity index (χ4v) is 2.24. The second-order valence-electron chi connectivity index (χ2n) is 4.99. The third-order valence-electron chi connectivity index (χ3n) is 3.46. The van der Waals surface area contributed by atoms with Crippen molar-refractivity contribution in [1.82, 2.24) is 16.0 Å². The minimum Gasteiger partial charge on any atom is -0.375 e. The molecule has 0 radical (unpaired) electrons. The third kappa shape index (κ3) is 4.29. The molecule has 0 saturated carbocycles. The molecule has 0 bridgehead atoms. The van der Waals surface area contributed by atoms with E-state index in [4.69, 9.17) is 4.74 Å². The van der Waals surface area contributed by atoms with Gasteiger partial charge in [0.2, 0.25) is 5.91 Å². The molecule has 7 nitrogen and oxygen atoms in total. The molecule has 0 spiro atoms. The zero-order chi connectivity index (χ0) is 15.9. The normalized spacial score (nSPS) is 18.5. The van der Waals surface area contributed by atoms with Crippen LogP contribution in [0.4, 0.5) is 4.79 Å². The van der Waals surface area contributed by atoms with Crippen molar-refractivity contribution in [3.8, 4) is 0 Å². The fraction of sp³-hybridized carbons (Fsp3) is 0.400. The highest BCUT2D eigenvalue weighted by Crippen LogP contribution is 2.15. The first kappa shape index (κ1) is 16.0. The number of rotatable bonds is 7. The highest BCUT2D eigenvalue weighted by Gasteiger charge is 2.29. The molecule has 0 unspecified atom stereocenters. The van der Waals surface area contributed by atoms with Crippen LogP contribution in [-0.2, 0) is 14.3 Å². The Labute approximate surface area is 128 Å². The molecule has 2 atom stereocenters. The number of urea groups is 1. The van der Waals surface area contributed by atoms with Crippen LogP contribution in [0.15, 0.2) is 30.3 Å². The first-order valence-corrected chi connectivity index (χ1v) is 7.06. The molecule has 1 aromatic rings. The molecule has 22 heavy (non-hydrogen) atoms. The lowest BCUT2D eigenvalue weighted by atomic mass is 10.1. The van der Waals surface area contributed by atoms with Crippen LogP contribution in [0.1, 0.15) is 24.5 Å². The molecule has 118 valence electrons. The van der Waals surface area contributed by atoms with E-state index in [-0.39, 0.29) is 24.9 Å². The maximum Gasteiger partial charge on any atom is 0.322 e. The van der Waals surface area contributed by atoms with Gasteiger partial charge in [-0.2, -0.15) is 0 Å². The molecular formula is C15H19N3O4. The molecule has 1 saturated heterocycles. The quantitative estimate of drug-likeness (QED) is 0.638. The van der Waals surface area contributed by atoms with Gasteiger partial charge in [-0.15, -0.1) is 0 Å². The molecule has 3 N–H and O–H groups in total. The average molecular weight is 305 g/mol. The van der Waals surface area contributed by atoms with E-state index in [1.54, 1.807) is 7.11 Å². The van der Waals surface area contributed by atoms with Gasteiger partial charge in [-0.05, 0) is 12.0 Å². The molecule has 1 heterocycles. The summed E-state index contributed by atoms with van der Waals surface area (Å²) in [6.45, 7) is 0.350. The Morgan fingerprint density at radius 2 is 2.05 bits per heavy atom. The van der Waals surface area contributed by atoms with Gasteiger partial charge >= 0.3 is 6.03 Å². The van der Waals surface area contributed by atoms with Gasteiger partial charge in [0, 0.05) is 20.1 Å². The first-order valence-electron chi connectivity index (χ1n) is 7.06. The maximum absolute atomic E-state index is 11.8. The van der Waals surface area contributed by atoms with Crippen molar-refractivity contribution in [3.05, 3.63) is 35.9 Å². The number of benzene rings is 1. The summed E-state index contributed by atoms with van der Waals surface area (Å²) in [5.74, 6) is -0.580. The Bertz CT molecular complexity index is 547. The van der Waals surface area contributed by atoms with Crippen LogP contribution in [0.3, 0.4) is 0 Å². The van der Waals surface area contributed by atoms with Crippen LogP contribution in [0, 0.1) is 0 Å². The third-order valence-corrected chi connectivity index (χ3v) is 3.46. The van der Waals surface area contributed by atoms with Crippen LogP contribution < -0.4 is 16.0 Å². The lowest BCUT2D eigenvalue weighted by Crippen LogP contribution is -2.33. The van der Waals surface area contributed by atoms with Crippen LogP contribution in [0.5, 0.6) is 0 Å². The number of hydrogen-bond acceptors (Lipinski definition) is 4. The summed E-state index contributed by atoms with van der Waals surface area (Å²) in [6.07, 6.45) is 0.204. The minimum absolute atomic E-state index is 0.156. The van der Waals surface area contributed by atoms with Gasteiger partial charge in [0.25, 0.3) is 5.91 Å². The summed E-state index contributed by atoms with van der Waals surface area (Å²) in [7, 11) is 1.59. The van der Waals surface area contributed by atoms with Gasteiger partial charge in [0.1, 0.15) is 6.04 Å². The smallest absolute Gasteiger partial charge is 0.322 e. The Balaban J connectivity index is 1.75. The summed E-state index contributed by atoms with van der Waals surface area (Å²) >= 11 is 0. The summed E-state index contributed by atoms with van der Waals surface area (Å²) in [5.41, 5.74) is 0.979. The van der Waals surface area contributed by atoms with Gasteiger partial charge < -0.3 is 15.4 Å². The minimum atomic E-state index is -0.634. The van der Waals surface area contributed by atoms with Gasteiger partial charge in [0.15, 0.2) is 0 Å². The van der Waals surface area contributed by atoms with Crippen molar-refractivity contribution in [3.63, 3.8) is 0 Å². The van der Waals surface area contributed by atoms with Crippen molar-refractivity contribution in [2.75, 3.05) is 13.7 Å². The second kappa shape index (κ2) is 7.56. The molecule has 1 aliphatic heterocycles. The second-order valence-corrected chi connectivity index (χ2v) is 4.99. The topological polar surface area (TPSA) is 96.5 Å². The van der Waals surface area contributed by atoms with Crippen LogP contribution in [0.25, 0.3) is 0 Å². The number of carbonyl (C=O) groups is 3. The number of carbonyl (C=O) groups excluding carboxylic acids is 3. The fourth-order valence-electron chi connectivity index (χ4n) is 2.24. The van der Waals surface area contributed by atoms with E-state index in [0.717, 1.165) is 5.56 Å². The first-order chi connectivity index (χ1) is 10.6. The molecule has 7 heteroatoms. The Morgan fingerprint density at radius 1 is 1.32 bits per heavy atom. The number of methoxy groups -OCH3 is 1. The summed E-state index contributed by atoms with van der Waals surface area (Å²) in [4.78, 5) is 34.1. The molecule has 1 fully saturated rings. The van der Waals surface area contributed by atoms with Crippen molar-refractivity contribution in [2.45, 2.75) is 25.0 Å². The predicted molar refractivity (Wildman–Crippen MR) is 78.9 cm³/mol. The summed E-state index contributed by atoms with van der Waals surface area (Å²) < 4.78 is 5.36. The molecule has 0 aromatic heterocycles. The monoisotopic (exact) mass is 305 g/mol. The average Bonchev–Trinajstić information content (AvgIpc) is 2.84. The van der Waals surface area contributed by atoms with E-state index in [9.17, 15) is 14.4 Å². The number of nitrogens with one attached hydrogen (secondary N) is 3. The highest BCUT2D eigenvalue weighted by molar-refractivity contribution is 6.04. The van der Waals surface area contributed by atoms with Crippen LogP contribution >= 0.6 is 0 Å². The zero-order valence-corrected chi connectivity index (χ0v) is 12.3. The van der Waals surface area contributed by atoms with E-state index in [0.29, 0.717) is 6.54 Å². The lowest BCUT2D eigenvalue weighted by molar-refractivity contribution is -0.122. The number of imide groups is 1. The number of amides is 4. The van der Waals surface area contributed by atoms with Gasteiger partial charge in [-0.3, -0.25) is 14.9 Å². The van der Waals surface area contributed by atoms with Crippen LogP contribution in [0.2, 0.25) is 0 Å². The van der Waals surface area contributed by atoms with E-state index in [1.807, 2.05) is 30.3 Å². The van der Waals surface area contributed by atoms with Crippen molar-refractivity contribution in [2.24, 2.45) is 0 Å². The molecule has 1 aromatic carbocycles. The molecular weight excluding hydrogens is 286 g/mol. The standard InChI is InChI=1S/C15H19N3O4/c1-22-12(10-5-3-2-4-6-10)9-16-13(19)8-7-11-14(20)18-15(21)17-11/h2-6,11-12H,7-9H2,1H3,(H,16,19)(H2,17,18,20,21)/t11-,12+/m0/s1. The number of hydrogen-bond donors (Lipinski definition) is 3. The van der Waals surface area contributed by atoms with E-state index < -0.39 is 18.0 Å². The van der Waals surface area contributed by atoms with E-state index in [2.05, 4.69) is 16.0 Å². The largest absolute Gasteiger partial charge is 0.375 e. The van der Waals surface area contributed by atoms with E-state index in [1.165, 1.54) is 0 Å². The predicted octanol–water partition coefficient (Wildman–Crippen LogP) is 0.479. The SMILES string of the molecule is CO[C@H](CNC(=O)CC[C@@H]1NC(=O)NC1=O)c1ccccc1. The maximum atomic E-state index is 11.8. The van der Waals surface area contributed by atoms with Gasteiger partial charge in [-0.1, -0.05) is 30.3 Å². The van der Waals surface area contributed by atoms with E-state index >= 15 is 0 Å². The van der Waals surface area contributed by atoms with Crippen molar-refractivity contribution < 1.29 is 19.1 Å². The number of ether oxygens (including phenoxy) is 1. The Morgan fingerprint density at radius 3 is 2.64 bits per heavy atom. The molecule has 1 aliphatic rings. The Hall–Kier alpha value is -2.41. The van der Waals surface area contributed by atoms with Gasteiger partial charge in [-0.25, -0.2) is 4.79 Å². The summed E-state index contributed by atoms with van der Waals surface area (Å²) in [5, 5.41) is 7.36. The van der Waals surface area contributed by atoms with Crippen LogP contribution in [-0.4, -0.2) is 37.5 Å². The van der Waals surface area contributed by atoms with Crippen molar-refractivity contribution >= 4 is 17.8 Å². The lowest BCUT2D eigenvalue weighted by Gasteiger charge is -2.16. The Kier molecular flexibility index (Phi) is 5.48. The highest BCUT2D eigenvalue weighted by atomic mass is 16.5. The molecule has 0 aliphatic carbocycles. The molecule has 2 rings (SSSR count). The summed E-state index contributed by atoms with van der Waals surface area (Å²) in [6, 6.07) is 8.44. The van der Waals surface area contributed by atoms with Gasteiger partial charge in [0.05, 0.1) is 6.10 Å².